The zero-order valence-corrected chi connectivity index (χ0v) is 13.1. The van der Waals surface area contributed by atoms with Crippen molar-refractivity contribution in [2.24, 2.45) is 0 Å². The minimum Gasteiger partial charge on any atom is -0.269 e. The van der Waals surface area contributed by atoms with E-state index in [1.54, 1.807) is 31.2 Å². The van der Waals surface area contributed by atoms with E-state index in [1.165, 1.54) is 7.05 Å². The Morgan fingerprint density at radius 1 is 1.35 bits per heavy atom. The van der Waals surface area contributed by atoms with Crippen molar-refractivity contribution in [3.05, 3.63) is 40.0 Å². The summed E-state index contributed by atoms with van der Waals surface area (Å²) in [5, 5.41) is 8.74. The number of nitrogens with zero attached hydrogens (tertiary/aromatic N) is 3. The highest BCUT2D eigenvalue weighted by atomic mass is 35.5. The molecule has 1 aromatic carbocycles. The molecule has 2 rings (SSSR count). The zero-order chi connectivity index (χ0) is 14.9. The fraction of sp³-hybridized carbons (Fsp3) is 0.167. The molecule has 0 bridgehead atoms. The molecule has 0 saturated carbocycles. The second-order valence-corrected chi connectivity index (χ2v) is 7.72. The molecule has 0 saturated heterocycles. The third kappa shape index (κ3) is 2.63. The first kappa shape index (κ1) is 14.8. The molecule has 2 aromatic rings. The lowest BCUT2D eigenvalue weighted by Gasteiger charge is -2.18. The predicted octanol–water partition coefficient (Wildman–Crippen LogP) is 2.80. The number of benzene rings is 1. The van der Waals surface area contributed by atoms with Crippen LogP contribution in [0.5, 0.6) is 0 Å². The van der Waals surface area contributed by atoms with Crippen LogP contribution < -0.4 is 4.31 Å². The van der Waals surface area contributed by atoms with E-state index in [9.17, 15) is 8.42 Å². The number of halogens is 1. The van der Waals surface area contributed by atoms with E-state index >= 15 is 0 Å². The van der Waals surface area contributed by atoms with Crippen molar-refractivity contribution in [1.82, 2.24) is 4.98 Å². The van der Waals surface area contributed by atoms with Crippen LogP contribution in [0.1, 0.15) is 11.3 Å². The van der Waals surface area contributed by atoms with Crippen molar-refractivity contribution in [2.45, 2.75) is 11.1 Å². The molecule has 0 fully saturated rings. The third-order valence-corrected chi connectivity index (χ3v) is 6.32. The Bertz CT molecular complexity index is 776. The summed E-state index contributed by atoms with van der Waals surface area (Å²) in [5.74, 6) is 0. The standard InChI is InChI=1S/C12H10ClN3O2S2/c1-8-11(19-12(13)15-8)20(17,18)16(2)10-5-3-9(7-14)4-6-10/h3-6H,1-2H3. The maximum absolute atomic E-state index is 12.5. The van der Waals surface area contributed by atoms with E-state index in [1.807, 2.05) is 6.07 Å². The van der Waals surface area contributed by atoms with Crippen LogP contribution in [0, 0.1) is 18.3 Å². The molecule has 0 atom stereocenters. The normalized spacial score (nSPS) is 11.1. The Morgan fingerprint density at radius 2 is 1.95 bits per heavy atom. The fourth-order valence-corrected chi connectivity index (χ4v) is 4.68. The molecular weight excluding hydrogens is 318 g/mol. The number of thiazole rings is 1. The van der Waals surface area contributed by atoms with E-state index in [0.29, 0.717) is 16.9 Å². The molecule has 0 unspecified atom stereocenters. The highest BCUT2D eigenvalue weighted by molar-refractivity contribution is 7.94. The highest BCUT2D eigenvalue weighted by Gasteiger charge is 2.26. The monoisotopic (exact) mass is 327 g/mol. The molecule has 0 aliphatic rings. The number of nitriles is 1. The van der Waals surface area contributed by atoms with Gasteiger partial charge in [-0.1, -0.05) is 22.9 Å². The van der Waals surface area contributed by atoms with Crippen LogP contribution in [-0.4, -0.2) is 20.4 Å². The number of sulfonamides is 1. The molecule has 1 aromatic heterocycles. The van der Waals surface area contributed by atoms with Crippen LogP contribution in [0.25, 0.3) is 0 Å². The van der Waals surface area contributed by atoms with Gasteiger partial charge in [-0.3, -0.25) is 4.31 Å². The van der Waals surface area contributed by atoms with Crippen molar-refractivity contribution >= 4 is 38.6 Å². The Balaban J connectivity index is 2.43. The highest BCUT2D eigenvalue weighted by Crippen LogP contribution is 2.31. The molecule has 20 heavy (non-hydrogen) atoms. The summed E-state index contributed by atoms with van der Waals surface area (Å²) in [4.78, 5) is 3.92. The first-order valence-electron chi connectivity index (χ1n) is 5.48. The topological polar surface area (TPSA) is 74.1 Å². The summed E-state index contributed by atoms with van der Waals surface area (Å²) in [7, 11) is -2.25. The van der Waals surface area contributed by atoms with Gasteiger partial charge in [-0.2, -0.15) is 5.26 Å². The Hall–Kier alpha value is -1.62. The minimum atomic E-state index is -3.70. The van der Waals surface area contributed by atoms with Gasteiger partial charge in [0.2, 0.25) is 0 Å². The van der Waals surface area contributed by atoms with Crippen LogP contribution >= 0.6 is 22.9 Å². The first-order valence-corrected chi connectivity index (χ1v) is 8.11. The maximum atomic E-state index is 12.5. The number of aromatic nitrogens is 1. The summed E-state index contributed by atoms with van der Waals surface area (Å²) in [6.07, 6.45) is 0. The summed E-state index contributed by atoms with van der Waals surface area (Å²) in [5.41, 5.74) is 1.31. The molecule has 8 heteroatoms. The van der Waals surface area contributed by atoms with Crippen molar-refractivity contribution in [1.29, 1.82) is 5.26 Å². The van der Waals surface area contributed by atoms with Gasteiger partial charge in [-0.05, 0) is 31.2 Å². The lowest BCUT2D eigenvalue weighted by atomic mass is 10.2. The second kappa shape index (κ2) is 5.40. The van der Waals surface area contributed by atoms with Gasteiger partial charge in [0.25, 0.3) is 10.0 Å². The summed E-state index contributed by atoms with van der Waals surface area (Å²) < 4.78 is 26.4. The van der Waals surface area contributed by atoms with Crippen molar-refractivity contribution in [2.75, 3.05) is 11.4 Å². The minimum absolute atomic E-state index is 0.120. The van der Waals surface area contributed by atoms with Gasteiger partial charge in [0, 0.05) is 7.05 Å². The van der Waals surface area contributed by atoms with Gasteiger partial charge in [-0.25, -0.2) is 13.4 Å². The second-order valence-electron chi connectivity index (χ2n) is 3.97. The molecule has 104 valence electrons. The number of anilines is 1. The number of aryl methyl sites for hydroxylation is 1. The lowest BCUT2D eigenvalue weighted by Crippen LogP contribution is -2.26. The molecule has 0 spiro atoms. The van der Waals surface area contributed by atoms with Gasteiger partial charge >= 0.3 is 0 Å². The Labute approximate surface area is 126 Å². The molecule has 0 radical (unpaired) electrons. The van der Waals surface area contributed by atoms with E-state index in [-0.39, 0.29) is 8.68 Å². The van der Waals surface area contributed by atoms with E-state index in [4.69, 9.17) is 16.9 Å². The Kier molecular flexibility index (Phi) is 3.99. The summed E-state index contributed by atoms with van der Waals surface area (Å²) >= 11 is 6.67. The van der Waals surface area contributed by atoms with Crippen LogP contribution in [-0.2, 0) is 10.0 Å². The quantitative estimate of drug-likeness (QED) is 0.868. The van der Waals surface area contributed by atoms with Crippen molar-refractivity contribution < 1.29 is 8.42 Å². The molecule has 5 nitrogen and oxygen atoms in total. The lowest BCUT2D eigenvalue weighted by molar-refractivity contribution is 0.595. The van der Waals surface area contributed by atoms with Crippen molar-refractivity contribution in [3.8, 4) is 6.07 Å². The molecular formula is C12H10ClN3O2S2. The van der Waals surface area contributed by atoms with Crippen molar-refractivity contribution in [3.63, 3.8) is 0 Å². The van der Waals surface area contributed by atoms with Gasteiger partial charge in [0.05, 0.1) is 23.0 Å². The van der Waals surface area contributed by atoms with Crippen LogP contribution in [0.2, 0.25) is 4.47 Å². The third-order valence-electron chi connectivity index (χ3n) is 2.68. The number of rotatable bonds is 3. The van der Waals surface area contributed by atoms with Crippen LogP contribution in [0.15, 0.2) is 28.5 Å². The maximum Gasteiger partial charge on any atom is 0.275 e. The van der Waals surface area contributed by atoms with Gasteiger partial charge in [-0.15, -0.1) is 0 Å². The molecule has 0 amide bonds. The fourth-order valence-electron chi connectivity index (χ4n) is 1.60. The summed E-state index contributed by atoms with van der Waals surface area (Å²) in [6.45, 7) is 1.60. The Morgan fingerprint density at radius 3 is 2.40 bits per heavy atom. The molecule has 0 N–H and O–H groups in total. The smallest absolute Gasteiger partial charge is 0.269 e. The average molecular weight is 328 g/mol. The number of hydrogen-bond donors (Lipinski definition) is 0. The molecule has 1 heterocycles. The van der Waals surface area contributed by atoms with Crippen LogP contribution in [0.4, 0.5) is 5.69 Å². The van der Waals surface area contributed by atoms with E-state index in [0.717, 1.165) is 15.6 Å². The number of hydrogen-bond acceptors (Lipinski definition) is 5. The largest absolute Gasteiger partial charge is 0.275 e. The average Bonchev–Trinajstić information content (AvgIpc) is 2.77. The van der Waals surface area contributed by atoms with E-state index in [2.05, 4.69) is 4.98 Å². The summed E-state index contributed by atoms with van der Waals surface area (Å²) in [6, 6.07) is 8.26. The molecule has 0 aliphatic carbocycles. The van der Waals surface area contributed by atoms with Gasteiger partial charge < -0.3 is 0 Å². The van der Waals surface area contributed by atoms with Gasteiger partial charge in [0.1, 0.15) is 0 Å². The predicted molar refractivity (Wildman–Crippen MR) is 78.6 cm³/mol. The first-order chi connectivity index (χ1) is 9.36. The SMILES string of the molecule is Cc1nc(Cl)sc1S(=O)(=O)N(C)c1ccc(C#N)cc1. The molecule has 0 aliphatic heterocycles. The van der Waals surface area contributed by atoms with Crippen LogP contribution in [0.3, 0.4) is 0 Å². The van der Waals surface area contributed by atoms with E-state index < -0.39 is 10.0 Å². The van der Waals surface area contributed by atoms with Gasteiger partial charge in [0.15, 0.2) is 8.68 Å². The zero-order valence-electron chi connectivity index (χ0n) is 10.7.